The van der Waals surface area contributed by atoms with Gasteiger partial charge in [-0.25, -0.2) is 4.79 Å². The normalized spacial score (nSPS) is 10.1. The molecule has 1 aromatic carbocycles. The third-order valence-corrected chi connectivity index (χ3v) is 1.82. The molecule has 0 saturated carbocycles. The number of H-pyrrole nitrogens is 1. The largest absolute Gasteiger partial charge is 0.490 e. The molecular weight excluding hydrogens is 184 g/mol. The number of rotatable bonds is 2. The van der Waals surface area contributed by atoms with Gasteiger partial charge in [-0.15, -0.1) is 0 Å². The molecule has 0 radical (unpaired) electrons. The van der Waals surface area contributed by atoms with Crippen LogP contribution in [0.5, 0.6) is 5.75 Å². The van der Waals surface area contributed by atoms with E-state index in [4.69, 9.17) is 4.74 Å². The van der Waals surface area contributed by atoms with E-state index in [0.717, 1.165) is 5.69 Å². The molecule has 1 aromatic heterocycles. The molecule has 2 rings (SSSR count). The van der Waals surface area contributed by atoms with Gasteiger partial charge < -0.3 is 4.74 Å². The van der Waals surface area contributed by atoms with E-state index in [9.17, 15) is 4.79 Å². The van der Waals surface area contributed by atoms with Gasteiger partial charge in [0.2, 0.25) is 0 Å². The van der Waals surface area contributed by atoms with Crippen LogP contribution in [0.2, 0.25) is 0 Å². The summed E-state index contributed by atoms with van der Waals surface area (Å²) in [6, 6.07) is 7.30. The Bertz CT molecular complexity index is 487. The molecule has 0 aliphatic rings. The highest BCUT2D eigenvalue weighted by Gasteiger charge is 2.15. The Morgan fingerprint density at radius 1 is 1.43 bits per heavy atom. The van der Waals surface area contributed by atoms with Crippen molar-refractivity contribution in [1.82, 2.24) is 5.27 Å². The van der Waals surface area contributed by atoms with Crippen molar-refractivity contribution in [3.63, 3.8) is 0 Å². The van der Waals surface area contributed by atoms with Crippen LogP contribution in [0.3, 0.4) is 0 Å². The van der Waals surface area contributed by atoms with Gasteiger partial charge in [0, 0.05) is 6.07 Å². The van der Waals surface area contributed by atoms with Gasteiger partial charge in [-0.3, -0.25) is 4.52 Å². The lowest BCUT2D eigenvalue weighted by Crippen LogP contribution is -2.32. The summed E-state index contributed by atoms with van der Waals surface area (Å²) >= 11 is 0. The second kappa shape index (κ2) is 3.37. The number of nitrogens with one attached hydrogen (secondary N) is 1. The Labute approximate surface area is 79.5 Å². The highest BCUT2D eigenvalue weighted by atomic mass is 16.5. The average molecular weight is 193 g/mol. The summed E-state index contributed by atoms with van der Waals surface area (Å²) in [7, 11) is 1.57. The minimum absolute atomic E-state index is 0.434. The van der Waals surface area contributed by atoms with Crippen molar-refractivity contribution >= 4 is 0 Å². The molecule has 0 atom stereocenters. The fourth-order valence-electron chi connectivity index (χ4n) is 1.20. The molecule has 14 heavy (non-hydrogen) atoms. The van der Waals surface area contributed by atoms with Gasteiger partial charge in [-0.2, -0.15) is 0 Å². The zero-order valence-corrected chi connectivity index (χ0v) is 7.56. The first kappa shape index (κ1) is 8.55. The maximum Gasteiger partial charge on any atom is 0.427 e. The van der Waals surface area contributed by atoms with Crippen molar-refractivity contribution in [2.45, 2.75) is 0 Å². The van der Waals surface area contributed by atoms with Crippen molar-refractivity contribution in [2.24, 2.45) is 0 Å². The quantitative estimate of drug-likeness (QED) is 0.695. The monoisotopic (exact) mass is 193 g/mol. The molecule has 2 aromatic rings. The van der Waals surface area contributed by atoms with Crippen LogP contribution >= 0.6 is 0 Å². The molecular formula is C9H9N2O3+. The Morgan fingerprint density at radius 2 is 2.21 bits per heavy atom. The smallest absolute Gasteiger partial charge is 0.427 e. The second-order valence-electron chi connectivity index (χ2n) is 2.68. The highest BCUT2D eigenvalue weighted by molar-refractivity contribution is 5.39. The van der Waals surface area contributed by atoms with Crippen LogP contribution in [0.15, 0.2) is 39.8 Å². The molecule has 5 nitrogen and oxygen atoms in total. The predicted octanol–water partition coefficient (Wildman–Crippen LogP) is 0.253. The van der Waals surface area contributed by atoms with Gasteiger partial charge in [0.15, 0.2) is 5.75 Å². The molecule has 0 saturated heterocycles. The first-order valence-corrected chi connectivity index (χ1v) is 4.05. The molecule has 0 spiro atoms. The fourth-order valence-corrected chi connectivity index (χ4v) is 1.20. The first-order chi connectivity index (χ1) is 6.81. The van der Waals surface area contributed by atoms with E-state index in [1.165, 1.54) is 10.9 Å². The SMILES string of the molecule is COc1ccccc1-[n+]1cc(=O)o[nH]1. The Morgan fingerprint density at radius 3 is 2.86 bits per heavy atom. The van der Waals surface area contributed by atoms with E-state index < -0.39 is 5.63 Å². The zero-order chi connectivity index (χ0) is 9.97. The van der Waals surface area contributed by atoms with E-state index in [0.29, 0.717) is 5.75 Å². The van der Waals surface area contributed by atoms with E-state index in [-0.39, 0.29) is 0 Å². The number of aromatic nitrogens is 2. The molecule has 72 valence electrons. The van der Waals surface area contributed by atoms with Gasteiger partial charge in [0.25, 0.3) is 11.9 Å². The summed E-state index contributed by atoms with van der Waals surface area (Å²) in [6.07, 6.45) is 1.30. The Balaban J connectivity index is 2.55. The minimum Gasteiger partial charge on any atom is -0.490 e. The van der Waals surface area contributed by atoms with Gasteiger partial charge in [0.1, 0.15) is 0 Å². The highest BCUT2D eigenvalue weighted by Crippen LogP contribution is 2.15. The van der Waals surface area contributed by atoms with Crippen molar-refractivity contribution < 1.29 is 13.9 Å². The molecule has 0 amide bonds. The number of aromatic amines is 1. The van der Waals surface area contributed by atoms with Crippen LogP contribution < -0.4 is 15.0 Å². The topological polar surface area (TPSA) is 59.1 Å². The van der Waals surface area contributed by atoms with Crippen molar-refractivity contribution in [1.29, 1.82) is 0 Å². The summed E-state index contributed by atoms with van der Waals surface area (Å²) in [5.74, 6) is 0.662. The van der Waals surface area contributed by atoms with Crippen LogP contribution in [-0.4, -0.2) is 12.4 Å². The summed E-state index contributed by atoms with van der Waals surface area (Å²) < 4.78 is 11.1. The number of methoxy groups -OCH3 is 1. The first-order valence-electron chi connectivity index (χ1n) is 4.05. The molecule has 0 fully saturated rings. The molecule has 1 N–H and O–H groups in total. The number of nitrogens with zero attached hydrogens (tertiary/aromatic N) is 1. The van der Waals surface area contributed by atoms with Crippen LogP contribution in [0, 0.1) is 0 Å². The number of benzene rings is 1. The maximum absolute atomic E-state index is 10.8. The van der Waals surface area contributed by atoms with Gasteiger partial charge in [-0.1, -0.05) is 12.1 Å². The summed E-state index contributed by atoms with van der Waals surface area (Å²) in [5, 5.41) is 2.45. The number of hydrogen-bond donors (Lipinski definition) is 1. The molecule has 1 heterocycles. The average Bonchev–Trinajstić information content (AvgIpc) is 2.65. The van der Waals surface area contributed by atoms with Crippen LogP contribution in [0.1, 0.15) is 0 Å². The zero-order valence-electron chi connectivity index (χ0n) is 7.56. The van der Waals surface area contributed by atoms with Crippen LogP contribution in [0.25, 0.3) is 5.69 Å². The lowest BCUT2D eigenvalue weighted by molar-refractivity contribution is -0.670. The third-order valence-electron chi connectivity index (χ3n) is 1.82. The van der Waals surface area contributed by atoms with Gasteiger partial charge in [0.05, 0.1) is 7.11 Å². The summed E-state index contributed by atoms with van der Waals surface area (Å²) in [5.41, 5.74) is 0.289. The summed E-state index contributed by atoms with van der Waals surface area (Å²) in [4.78, 5) is 10.8. The molecule has 0 aliphatic carbocycles. The van der Waals surface area contributed by atoms with Gasteiger partial charge >= 0.3 is 5.63 Å². The third kappa shape index (κ3) is 1.39. The minimum atomic E-state index is -0.434. The van der Waals surface area contributed by atoms with E-state index in [2.05, 4.69) is 9.79 Å². The van der Waals surface area contributed by atoms with Crippen molar-refractivity contribution in [3.05, 3.63) is 40.9 Å². The van der Waals surface area contributed by atoms with E-state index in [1.807, 2.05) is 18.2 Å². The Hall–Kier alpha value is -2.04. The number of hydrogen-bond acceptors (Lipinski definition) is 3. The molecule has 5 heteroatoms. The molecule has 0 aliphatic heterocycles. The van der Waals surface area contributed by atoms with Crippen LogP contribution in [-0.2, 0) is 0 Å². The van der Waals surface area contributed by atoms with E-state index >= 15 is 0 Å². The van der Waals surface area contributed by atoms with Crippen LogP contribution in [0.4, 0.5) is 0 Å². The van der Waals surface area contributed by atoms with Crippen molar-refractivity contribution in [2.75, 3.05) is 7.11 Å². The standard InChI is InChI=1S/C9H8N2O3/c1-13-8-5-3-2-4-7(8)11-6-9(12)14-10-11/h2-6H,1H3/p+1. The van der Waals surface area contributed by atoms with E-state index in [1.54, 1.807) is 13.2 Å². The Kier molecular flexibility index (Phi) is 2.06. The predicted molar refractivity (Wildman–Crippen MR) is 47.4 cm³/mol. The van der Waals surface area contributed by atoms with Gasteiger partial charge in [-0.05, 0) is 16.0 Å². The fraction of sp³-hybridized carbons (Fsp3) is 0.111. The number of para-hydroxylation sites is 2. The molecule has 0 bridgehead atoms. The second-order valence-corrected chi connectivity index (χ2v) is 2.68. The lowest BCUT2D eigenvalue weighted by atomic mass is 10.3. The number of ether oxygens (including phenoxy) is 1. The maximum atomic E-state index is 10.8. The lowest BCUT2D eigenvalue weighted by Gasteiger charge is -1.98. The summed E-state index contributed by atoms with van der Waals surface area (Å²) in [6.45, 7) is 0. The van der Waals surface area contributed by atoms with Crippen molar-refractivity contribution in [3.8, 4) is 11.4 Å². The molecule has 0 unspecified atom stereocenters.